The largest absolute Gasteiger partial charge is 0.378 e. The zero-order valence-corrected chi connectivity index (χ0v) is 56.2. The van der Waals surface area contributed by atoms with Crippen LogP contribution in [0.4, 0.5) is 23.8 Å². The lowest BCUT2D eigenvalue weighted by Gasteiger charge is -2.26. The first-order valence-electron chi connectivity index (χ1n) is 34.0. The smallest absolute Gasteiger partial charge is 0.234 e. The molecule has 0 radical (unpaired) electrons. The summed E-state index contributed by atoms with van der Waals surface area (Å²) in [7, 11) is 0. The summed E-state index contributed by atoms with van der Waals surface area (Å²) in [5.41, 5.74) is 0. The van der Waals surface area contributed by atoms with Crippen molar-refractivity contribution in [2.24, 2.45) is 23.7 Å². The molecule has 0 spiro atoms. The van der Waals surface area contributed by atoms with E-state index in [1.54, 1.807) is 0 Å². The number of anilines is 4. The summed E-state index contributed by atoms with van der Waals surface area (Å²) < 4.78 is 86.9. The van der Waals surface area contributed by atoms with Gasteiger partial charge in [-0.1, -0.05) is 69.2 Å². The van der Waals surface area contributed by atoms with E-state index in [1.165, 1.54) is 25.8 Å². The second-order valence-electron chi connectivity index (χ2n) is 27.9. The first kappa shape index (κ1) is 70.3. The van der Waals surface area contributed by atoms with Gasteiger partial charge in [-0.25, -0.2) is 0 Å². The van der Waals surface area contributed by atoms with Gasteiger partial charge in [-0.3, -0.25) is 14.7 Å². The number of epoxide rings is 11. The Kier molecular flexibility index (Phi) is 27.4. The molecule has 11 aliphatic heterocycles. The Morgan fingerprint density at radius 1 is 0.330 bits per heavy atom. The van der Waals surface area contributed by atoms with Crippen LogP contribution in [0.3, 0.4) is 0 Å². The van der Waals surface area contributed by atoms with Crippen LogP contribution in [0.25, 0.3) is 0 Å². The van der Waals surface area contributed by atoms with E-state index >= 15 is 0 Å². The Hall–Kier alpha value is -3.46. The van der Waals surface area contributed by atoms with Crippen molar-refractivity contribution < 1.29 is 75.8 Å². The van der Waals surface area contributed by atoms with E-state index in [4.69, 9.17) is 106 Å². The summed E-state index contributed by atoms with van der Waals surface area (Å²) in [6.45, 7) is 42.6. The van der Waals surface area contributed by atoms with Crippen LogP contribution in [-0.4, -0.2) is 287 Å². The van der Waals surface area contributed by atoms with Gasteiger partial charge in [0.15, 0.2) is 0 Å². The predicted molar refractivity (Wildman–Crippen MR) is 337 cm³/mol. The SMILES string of the molecule is CC(C)CC1CO1.CC(C)CN(CC1CO1)CC1CO1.CC(C)COCC1CO1.CC(C)c1nc(N(CC2CO2)CC2CO2)nc(N(CC2CO2)CC2CO2)n1.CC(C)c1nc(N(COCC2CC2)COCC2CO2)nc(N(COCC2CO2)COCC2CO2)n1. The highest BCUT2D eigenvalue weighted by atomic mass is 16.6. The molecule has 0 N–H and O–H groups in total. The molecular formula is C64H109N11O16. The molecule has 27 heteroatoms. The third-order valence-corrected chi connectivity index (χ3v) is 15.5. The molecule has 2 aromatic rings. The molecule has 0 bridgehead atoms. The Balaban J connectivity index is 0.000000141. The summed E-state index contributed by atoms with van der Waals surface area (Å²) >= 11 is 0. The lowest BCUT2D eigenvalue weighted by molar-refractivity contribution is 0.0695. The highest BCUT2D eigenvalue weighted by Gasteiger charge is 2.37. The first-order chi connectivity index (χ1) is 44.1. The number of ether oxygens (including phenoxy) is 16. The highest BCUT2D eigenvalue weighted by molar-refractivity contribution is 5.42. The molecule has 2 aromatic heterocycles. The molecule has 13 heterocycles. The van der Waals surface area contributed by atoms with Crippen molar-refractivity contribution in [3.63, 3.8) is 0 Å². The quantitative estimate of drug-likeness (QED) is 0.0651. The fourth-order valence-electron chi connectivity index (χ4n) is 9.26. The van der Waals surface area contributed by atoms with Crippen LogP contribution < -0.4 is 19.6 Å². The second kappa shape index (κ2) is 35.5. The number of hydrogen-bond acceptors (Lipinski definition) is 27. The number of hydrogen-bond donors (Lipinski definition) is 0. The maximum atomic E-state index is 5.97. The molecule has 12 fully saturated rings. The third-order valence-electron chi connectivity index (χ3n) is 15.5. The van der Waals surface area contributed by atoms with Crippen LogP contribution in [0.1, 0.15) is 112 Å². The molecule has 12 aliphatic rings. The van der Waals surface area contributed by atoms with Gasteiger partial charge in [0.2, 0.25) is 23.8 Å². The van der Waals surface area contributed by atoms with Gasteiger partial charge in [-0.05, 0) is 42.9 Å². The van der Waals surface area contributed by atoms with Gasteiger partial charge in [0.1, 0.15) is 63.0 Å². The molecule has 27 nitrogen and oxygen atoms in total. The van der Waals surface area contributed by atoms with Crippen LogP contribution in [0, 0.1) is 23.7 Å². The lowest BCUT2D eigenvalue weighted by atomic mass is 10.1. The first-order valence-corrected chi connectivity index (χ1v) is 34.0. The molecule has 11 saturated heterocycles. The standard InChI is InChI=1S/C23H37N5O7.C18H27N5O4.C10H19NO2.C7H14O2.C6H12O/c1-16(2)21-24-22(27(12-29-5-17-3-4-17)13-30-6-18-9-33-18)26-23(25-21)28(14-31-7-19-10-34-19)15-32-8-20-11-35-20;1-11(2)16-19-17(22(3-12-7-24-12)4-13-8-25-13)21-18(20-16)23(5-14-9-26-14)6-15-10-27-15;1-8(2)3-11(4-9-6-12-9)5-10-7-13-10;1-6(2)3-8-4-7-5-9-7;1-5(2)3-6-4-7-6/h16-20H,3-15H2,1-2H3;11-15H,3-10H2,1-2H3;8-10H,3-7H2,1-2H3;6-7H,3-5H2,1-2H3;5-6H,3-4H2,1-2H3. The van der Waals surface area contributed by atoms with E-state index in [1.807, 2.05) is 9.80 Å². The fraction of sp³-hybridized carbons (Fsp3) is 0.906. The van der Waals surface area contributed by atoms with E-state index < -0.39 is 0 Å². The van der Waals surface area contributed by atoms with Crippen LogP contribution in [0.15, 0.2) is 0 Å². The van der Waals surface area contributed by atoms with Gasteiger partial charge in [0, 0.05) is 64.3 Å². The summed E-state index contributed by atoms with van der Waals surface area (Å²) in [5, 5.41) is 0. The minimum atomic E-state index is 0.105. The Morgan fingerprint density at radius 2 is 0.626 bits per heavy atom. The van der Waals surface area contributed by atoms with Crippen molar-refractivity contribution in [3.05, 3.63) is 11.6 Å². The van der Waals surface area contributed by atoms with Crippen molar-refractivity contribution in [1.82, 2.24) is 34.8 Å². The van der Waals surface area contributed by atoms with Gasteiger partial charge in [0.05, 0.1) is 148 Å². The zero-order chi connectivity index (χ0) is 63.6. The predicted octanol–water partition coefficient (Wildman–Crippen LogP) is 4.54. The van der Waals surface area contributed by atoms with Crippen LogP contribution in [0.5, 0.6) is 0 Å². The van der Waals surface area contributed by atoms with E-state index in [0.29, 0.717) is 99.2 Å². The molecule has 1 aliphatic carbocycles. The minimum absolute atomic E-state index is 0.105. The van der Waals surface area contributed by atoms with E-state index in [0.717, 1.165) is 149 Å². The molecule has 516 valence electrons. The molecule has 11 unspecified atom stereocenters. The van der Waals surface area contributed by atoms with Gasteiger partial charge < -0.3 is 85.6 Å². The molecule has 91 heavy (non-hydrogen) atoms. The normalized spacial score (nSPS) is 27.6. The van der Waals surface area contributed by atoms with Crippen LogP contribution in [-0.2, 0) is 75.8 Å². The zero-order valence-electron chi connectivity index (χ0n) is 56.2. The Morgan fingerprint density at radius 3 is 0.890 bits per heavy atom. The van der Waals surface area contributed by atoms with Crippen molar-refractivity contribution in [3.8, 4) is 0 Å². The Labute approximate surface area is 540 Å². The van der Waals surface area contributed by atoms with Crippen molar-refractivity contribution in [1.29, 1.82) is 0 Å². The maximum absolute atomic E-state index is 5.97. The highest BCUT2D eigenvalue weighted by Crippen LogP contribution is 2.30. The van der Waals surface area contributed by atoms with E-state index in [-0.39, 0.29) is 68.0 Å². The van der Waals surface area contributed by atoms with E-state index in [9.17, 15) is 0 Å². The lowest BCUT2D eigenvalue weighted by Crippen LogP contribution is -2.36. The minimum Gasteiger partial charge on any atom is -0.378 e. The third kappa shape index (κ3) is 30.4. The summed E-state index contributed by atoms with van der Waals surface area (Å²) in [6.07, 6.45) is 7.37. The van der Waals surface area contributed by atoms with Gasteiger partial charge >= 0.3 is 0 Å². The van der Waals surface area contributed by atoms with Gasteiger partial charge in [-0.15, -0.1) is 0 Å². The summed E-state index contributed by atoms with van der Waals surface area (Å²) in [6, 6.07) is 0. The van der Waals surface area contributed by atoms with E-state index in [2.05, 4.69) is 83.9 Å². The molecule has 1 saturated carbocycles. The second-order valence-corrected chi connectivity index (χ2v) is 27.9. The Bertz CT molecular complexity index is 2210. The van der Waals surface area contributed by atoms with Crippen LogP contribution in [0.2, 0.25) is 0 Å². The number of nitrogens with zero attached hydrogens (tertiary/aromatic N) is 11. The molecular weight excluding hydrogens is 1180 g/mol. The van der Waals surface area contributed by atoms with Gasteiger partial charge in [0.25, 0.3) is 0 Å². The molecule has 0 amide bonds. The number of aromatic nitrogens is 6. The van der Waals surface area contributed by atoms with Crippen LogP contribution >= 0.6 is 0 Å². The average molecular weight is 1290 g/mol. The van der Waals surface area contributed by atoms with Crippen molar-refractivity contribution in [2.45, 2.75) is 167 Å². The number of rotatable bonds is 42. The van der Waals surface area contributed by atoms with Crippen molar-refractivity contribution in [2.75, 3.05) is 205 Å². The molecule has 0 aromatic carbocycles. The summed E-state index contributed by atoms with van der Waals surface area (Å²) in [5.74, 6) is 7.10. The monoisotopic (exact) mass is 1290 g/mol. The maximum Gasteiger partial charge on any atom is 0.234 e. The van der Waals surface area contributed by atoms with Gasteiger partial charge in [-0.2, -0.15) is 29.9 Å². The topological polar surface area (TPSA) is 278 Å². The average Bonchev–Trinajstić information content (AvgIpc) is 1.06. The molecule has 11 atom stereocenters. The molecule has 14 rings (SSSR count). The summed E-state index contributed by atoms with van der Waals surface area (Å²) in [4.78, 5) is 39.3. The van der Waals surface area contributed by atoms with Crippen molar-refractivity contribution >= 4 is 23.8 Å². The fourth-order valence-corrected chi connectivity index (χ4v) is 9.26.